The molecule has 1 aromatic carbocycles. The van der Waals surface area contributed by atoms with E-state index in [2.05, 4.69) is 0 Å². The summed E-state index contributed by atoms with van der Waals surface area (Å²) in [6, 6.07) is 3.42. The molecule has 0 aliphatic rings. The molecule has 7 heteroatoms. The predicted molar refractivity (Wildman–Crippen MR) is 93.2 cm³/mol. The number of rotatable bonds is 12. The lowest BCUT2D eigenvalue weighted by Crippen LogP contribution is -2.06. The number of hydrogen-bond donors (Lipinski definition) is 1. The van der Waals surface area contributed by atoms with Gasteiger partial charge in [-0.05, 0) is 37.0 Å². The summed E-state index contributed by atoms with van der Waals surface area (Å²) in [7, 11) is 2.84. The fraction of sp³-hybridized carbons (Fsp3) is 0.632. The number of carboxylic acids is 1. The van der Waals surface area contributed by atoms with E-state index < -0.39 is 18.6 Å². The van der Waals surface area contributed by atoms with Gasteiger partial charge in [-0.3, -0.25) is 0 Å². The van der Waals surface area contributed by atoms with Crippen molar-refractivity contribution in [1.82, 2.24) is 0 Å². The van der Waals surface area contributed by atoms with Crippen molar-refractivity contribution < 1.29 is 32.5 Å². The lowest BCUT2D eigenvalue weighted by atomic mass is 10.0. The van der Waals surface area contributed by atoms with Crippen molar-refractivity contribution in [3.8, 4) is 11.5 Å². The van der Waals surface area contributed by atoms with Crippen LogP contribution >= 0.6 is 0 Å². The smallest absolute Gasteiger partial charge is 0.389 e. The first-order valence-electron chi connectivity index (χ1n) is 8.83. The third-order valence-corrected chi connectivity index (χ3v) is 4.21. The van der Waals surface area contributed by atoms with Crippen LogP contribution in [0.5, 0.6) is 11.5 Å². The van der Waals surface area contributed by atoms with Crippen LogP contribution in [0.25, 0.3) is 0 Å². The zero-order valence-corrected chi connectivity index (χ0v) is 15.3. The van der Waals surface area contributed by atoms with E-state index in [-0.39, 0.29) is 23.5 Å². The molecule has 0 saturated heterocycles. The van der Waals surface area contributed by atoms with Crippen molar-refractivity contribution >= 4 is 5.97 Å². The Hall–Kier alpha value is -1.92. The first kappa shape index (κ1) is 22.1. The molecule has 148 valence electrons. The second-order valence-corrected chi connectivity index (χ2v) is 6.27. The van der Waals surface area contributed by atoms with Crippen molar-refractivity contribution in [3.05, 3.63) is 23.3 Å². The van der Waals surface area contributed by atoms with Gasteiger partial charge in [-0.2, -0.15) is 13.2 Å². The second-order valence-electron chi connectivity index (χ2n) is 6.27. The van der Waals surface area contributed by atoms with Gasteiger partial charge < -0.3 is 14.6 Å². The molecule has 0 aliphatic heterocycles. The van der Waals surface area contributed by atoms with Gasteiger partial charge in [0.15, 0.2) is 0 Å². The SMILES string of the molecule is COc1cc(CCCCCCCCCC(F)(F)F)cc(OC)c1C(=O)O. The molecule has 4 nitrogen and oxygen atoms in total. The largest absolute Gasteiger partial charge is 0.496 e. The van der Waals surface area contributed by atoms with E-state index in [1.807, 2.05) is 0 Å². The number of hydrogen-bond acceptors (Lipinski definition) is 3. The van der Waals surface area contributed by atoms with Crippen LogP contribution in [0.1, 0.15) is 67.3 Å². The third-order valence-electron chi connectivity index (χ3n) is 4.21. The van der Waals surface area contributed by atoms with Crippen LogP contribution < -0.4 is 9.47 Å². The highest BCUT2D eigenvalue weighted by atomic mass is 19.4. The minimum absolute atomic E-state index is 0.0117. The fourth-order valence-corrected chi connectivity index (χ4v) is 2.86. The summed E-state index contributed by atoms with van der Waals surface area (Å²) >= 11 is 0. The highest BCUT2D eigenvalue weighted by molar-refractivity contribution is 5.94. The Bertz CT molecular complexity index is 545. The van der Waals surface area contributed by atoms with Crippen molar-refractivity contribution in [2.24, 2.45) is 0 Å². The molecule has 0 spiro atoms. The summed E-state index contributed by atoms with van der Waals surface area (Å²) in [6.45, 7) is 0. The number of methoxy groups -OCH3 is 2. The Morgan fingerprint density at radius 1 is 0.923 bits per heavy atom. The van der Waals surface area contributed by atoms with Gasteiger partial charge in [-0.1, -0.05) is 32.1 Å². The van der Waals surface area contributed by atoms with Crippen LogP contribution in [0.3, 0.4) is 0 Å². The zero-order valence-electron chi connectivity index (χ0n) is 15.3. The van der Waals surface area contributed by atoms with Crippen molar-refractivity contribution in [2.75, 3.05) is 14.2 Å². The topological polar surface area (TPSA) is 55.8 Å². The van der Waals surface area contributed by atoms with E-state index in [0.717, 1.165) is 44.1 Å². The van der Waals surface area contributed by atoms with E-state index in [0.29, 0.717) is 6.42 Å². The molecule has 0 bridgehead atoms. The number of unbranched alkanes of at least 4 members (excludes halogenated alkanes) is 6. The number of halogens is 3. The molecule has 0 amide bonds. The van der Waals surface area contributed by atoms with Crippen LogP contribution in [-0.4, -0.2) is 31.5 Å². The van der Waals surface area contributed by atoms with Gasteiger partial charge >= 0.3 is 12.1 Å². The Balaban J connectivity index is 2.34. The fourth-order valence-electron chi connectivity index (χ4n) is 2.86. The average molecular weight is 376 g/mol. The minimum atomic E-state index is -4.04. The molecule has 26 heavy (non-hydrogen) atoms. The van der Waals surface area contributed by atoms with Crippen molar-refractivity contribution in [2.45, 2.75) is 64.0 Å². The molecule has 1 aromatic rings. The minimum Gasteiger partial charge on any atom is -0.496 e. The van der Waals surface area contributed by atoms with Gasteiger partial charge in [0.2, 0.25) is 0 Å². The maximum Gasteiger partial charge on any atom is 0.389 e. The summed E-state index contributed by atoms with van der Waals surface area (Å²) in [5.74, 6) is -0.552. The Morgan fingerprint density at radius 3 is 1.81 bits per heavy atom. The number of carboxylic acid groups (broad SMARTS) is 1. The maximum absolute atomic E-state index is 12.0. The normalized spacial score (nSPS) is 11.4. The van der Waals surface area contributed by atoms with Gasteiger partial charge in [0.05, 0.1) is 14.2 Å². The predicted octanol–water partition coefficient (Wildman–Crippen LogP) is 5.63. The summed E-state index contributed by atoms with van der Waals surface area (Å²) in [6.07, 6.45) is 1.48. The maximum atomic E-state index is 12.0. The lowest BCUT2D eigenvalue weighted by molar-refractivity contribution is -0.135. The van der Waals surface area contributed by atoms with Crippen molar-refractivity contribution in [1.29, 1.82) is 0 Å². The monoisotopic (exact) mass is 376 g/mol. The van der Waals surface area contributed by atoms with Crippen LogP contribution in [0, 0.1) is 0 Å². The number of benzene rings is 1. The van der Waals surface area contributed by atoms with Gasteiger partial charge in [0.25, 0.3) is 0 Å². The molecule has 1 N–H and O–H groups in total. The number of ether oxygens (including phenoxy) is 2. The van der Waals surface area contributed by atoms with Crippen LogP contribution in [0.4, 0.5) is 13.2 Å². The molecule has 0 aromatic heterocycles. The lowest BCUT2D eigenvalue weighted by Gasteiger charge is -2.12. The Labute approximate surface area is 152 Å². The summed E-state index contributed by atoms with van der Waals surface area (Å²) in [4.78, 5) is 11.3. The molecule has 0 unspecified atom stereocenters. The highest BCUT2D eigenvalue weighted by Gasteiger charge is 2.25. The second kappa shape index (κ2) is 10.9. The Kier molecular flexibility index (Phi) is 9.30. The molecule has 1 rings (SSSR count). The number of carbonyl (C=O) groups is 1. The molecule has 0 atom stereocenters. The first-order chi connectivity index (χ1) is 12.3. The van der Waals surface area contributed by atoms with Crippen LogP contribution in [0.15, 0.2) is 12.1 Å². The van der Waals surface area contributed by atoms with Crippen LogP contribution in [-0.2, 0) is 6.42 Å². The average Bonchev–Trinajstić information content (AvgIpc) is 2.58. The van der Waals surface area contributed by atoms with E-state index in [1.165, 1.54) is 14.2 Å². The standard InChI is InChI=1S/C19H27F3O4/c1-25-15-12-14(13-16(26-2)17(15)18(23)24)10-8-6-4-3-5-7-9-11-19(20,21)22/h12-13H,3-11H2,1-2H3,(H,23,24). The van der Waals surface area contributed by atoms with E-state index >= 15 is 0 Å². The molecule has 0 heterocycles. The van der Waals surface area contributed by atoms with Crippen LogP contribution in [0.2, 0.25) is 0 Å². The van der Waals surface area contributed by atoms with Crippen molar-refractivity contribution in [3.63, 3.8) is 0 Å². The summed E-state index contributed by atoms with van der Waals surface area (Å²) in [5.41, 5.74) is 0.950. The molecule has 0 radical (unpaired) electrons. The number of alkyl halides is 3. The van der Waals surface area contributed by atoms with E-state index in [4.69, 9.17) is 9.47 Å². The van der Waals surface area contributed by atoms with Gasteiger partial charge in [0, 0.05) is 6.42 Å². The molecular formula is C19H27F3O4. The molecular weight excluding hydrogens is 349 g/mol. The highest BCUT2D eigenvalue weighted by Crippen LogP contribution is 2.31. The van der Waals surface area contributed by atoms with Gasteiger partial charge in [0.1, 0.15) is 17.1 Å². The van der Waals surface area contributed by atoms with Gasteiger partial charge in [-0.25, -0.2) is 4.79 Å². The number of aryl methyl sites for hydroxylation is 1. The number of aromatic carboxylic acids is 1. The summed E-state index contributed by atoms with van der Waals surface area (Å²) in [5, 5.41) is 9.26. The molecule has 0 aliphatic carbocycles. The molecule has 0 saturated carbocycles. The first-order valence-corrected chi connectivity index (χ1v) is 8.83. The molecule has 0 fully saturated rings. The quantitative estimate of drug-likeness (QED) is 0.481. The summed E-state index contributed by atoms with van der Waals surface area (Å²) < 4.78 is 46.4. The van der Waals surface area contributed by atoms with Gasteiger partial charge in [-0.15, -0.1) is 0 Å². The Morgan fingerprint density at radius 2 is 1.38 bits per heavy atom. The zero-order chi connectivity index (χ0) is 19.6. The van der Waals surface area contributed by atoms with E-state index in [9.17, 15) is 23.1 Å². The third kappa shape index (κ3) is 7.97. The van der Waals surface area contributed by atoms with E-state index in [1.54, 1.807) is 12.1 Å².